The van der Waals surface area contributed by atoms with Crippen molar-refractivity contribution in [3.05, 3.63) is 89.1 Å². The minimum Gasteiger partial charge on any atom is -0.465 e. The number of esters is 1. The Bertz CT molecular complexity index is 2310. The van der Waals surface area contributed by atoms with E-state index in [9.17, 15) is 23.7 Å². The summed E-state index contributed by atoms with van der Waals surface area (Å²) in [5.41, 5.74) is 2.22. The summed E-state index contributed by atoms with van der Waals surface area (Å²) >= 11 is 1.20. The Hall–Kier alpha value is -4.85. The van der Waals surface area contributed by atoms with Crippen molar-refractivity contribution in [1.29, 1.82) is 0 Å². The Morgan fingerprint density at radius 1 is 1.03 bits per heavy atom. The Balaban J connectivity index is 0.971. The van der Waals surface area contributed by atoms with E-state index in [1.54, 1.807) is 53.6 Å². The van der Waals surface area contributed by atoms with Crippen LogP contribution in [0.5, 0.6) is 5.75 Å². The molecule has 5 heterocycles. The SMILES string of the molecule is CCCOC(=O)[C@H](C)N[P@@](=O)(Oc1ccccc1)[C@H](F)c1ccc2sc(C(=O)N[C@H]3C[C@@H]4C[C@@H]4C[C@H]4CC[C@@H](C(=O)N5CC(c6cnccc6N(C)C)C5)N4C3=O)cc2c1. The van der Waals surface area contributed by atoms with Gasteiger partial charge in [0.2, 0.25) is 17.7 Å². The number of alkyl halides is 1. The van der Waals surface area contributed by atoms with E-state index in [0.29, 0.717) is 59.2 Å². The molecule has 13 nitrogen and oxygen atoms in total. The normalized spacial score (nSPS) is 24.5. The van der Waals surface area contributed by atoms with Crippen molar-refractivity contribution in [2.75, 3.05) is 38.7 Å². The zero-order chi connectivity index (χ0) is 42.3. The Labute approximate surface area is 353 Å². The molecular weight excluding hydrogens is 807 g/mol. The molecule has 8 atom stereocenters. The van der Waals surface area contributed by atoms with Crippen LogP contribution in [-0.4, -0.2) is 96.4 Å². The molecule has 3 saturated heterocycles. The molecule has 4 fully saturated rings. The van der Waals surface area contributed by atoms with Crippen molar-refractivity contribution in [2.45, 2.75) is 88.4 Å². The van der Waals surface area contributed by atoms with Gasteiger partial charge in [-0.05, 0) is 105 Å². The second kappa shape index (κ2) is 17.3. The molecule has 4 aromatic rings. The molecule has 2 N–H and O–H groups in total. The number of aromatic nitrogens is 1. The number of carbonyl (C=O) groups is 4. The first kappa shape index (κ1) is 41.9. The van der Waals surface area contributed by atoms with Gasteiger partial charge < -0.3 is 29.3 Å². The molecule has 2 aromatic heterocycles. The number of para-hydroxylation sites is 1. The summed E-state index contributed by atoms with van der Waals surface area (Å²) in [5.74, 6) is -2.43. The standard InChI is InChI=1S/C44H52FN6O7PS/c1-5-17-57-44(55)26(2)48-59(56,58-33-9-7-6-8-10-33)40(45)27-11-14-38-30(18-27)22-39(60-38)41(52)47-35-21-29-19-28(29)20-32-12-13-37(51(32)42(35)53)43(54)50-24-31(25-50)34-23-46-16-15-36(34)49(3)4/h6-11,14-16,18,22-23,26,28-29,31-32,35,37,40H,5,12-13,17,19-21,24-25H2,1-4H3,(H,47,52)(H,48,56)/t26-,28+,29-,32+,35-,37-,40-,59-/m0/s1. The molecular formula is C44H52FN6O7PS. The fraction of sp³-hybridized carbons (Fsp3) is 0.477. The number of amides is 3. The van der Waals surface area contributed by atoms with E-state index < -0.39 is 43.4 Å². The number of fused-ring (bicyclic) bond motifs is 3. The molecule has 8 rings (SSSR count). The lowest BCUT2D eigenvalue weighted by Gasteiger charge is -2.44. The number of hydrogen-bond acceptors (Lipinski definition) is 10. The van der Waals surface area contributed by atoms with Crippen LogP contribution in [-0.2, 0) is 23.7 Å². The van der Waals surface area contributed by atoms with Crippen molar-refractivity contribution in [3.8, 4) is 5.75 Å². The smallest absolute Gasteiger partial charge is 0.355 e. The predicted octanol–water partition coefficient (Wildman–Crippen LogP) is 7.05. The molecule has 0 unspecified atom stereocenters. The highest BCUT2D eigenvalue weighted by molar-refractivity contribution is 7.57. The van der Waals surface area contributed by atoms with Crippen molar-refractivity contribution < 1.29 is 37.4 Å². The predicted molar refractivity (Wildman–Crippen MR) is 228 cm³/mol. The van der Waals surface area contributed by atoms with Gasteiger partial charge in [0.25, 0.3) is 5.91 Å². The highest BCUT2D eigenvalue weighted by Gasteiger charge is 2.52. The fourth-order valence-corrected chi connectivity index (χ4v) is 11.8. The van der Waals surface area contributed by atoms with Gasteiger partial charge >= 0.3 is 13.5 Å². The third kappa shape index (κ3) is 8.53. The number of carbonyl (C=O) groups excluding carboxylic acids is 4. The van der Waals surface area contributed by atoms with Gasteiger partial charge in [-0.15, -0.1) is 11.3 Å². The first-order chi connectivity index (χ1) is 28.8. The van der Waals surface area contributed by atoms with Gasteiger partial charge in [-0.3, -0.25) is 28.7 Å². The second-order valence-electron chi connectivity index (χ2n) is 16.8. The molecule has 2 aromatic carbocycles. The summed E-state index contributed by atoms with van der Waals surface area (Å²) in [6.07, 6.45) is 7.96. The van der Waals surface area contributed by atoms with Gasteiger partial charge in [-0.25, -0.2) is 9.48 Å². The number of pyridine rings is 1. The van der Waals surface area contributed by atoms with Crippen LogP contribution >= 0.6 is 18.9 Å². The highest BCUT2D eigenvalue weighted by atomic mass is 32.1. The van der Waals surface area contributed by atoms with E-state index in [-0.39, 0.29) is 41.7 Å². The second-order valence-corrected chi connectivity index (χ2v) is 20.0. The van der Waals surface area contributed by atoms with Crippen LogP contribution in [0.1, 0.15) is 85.0 Å². The molecule has 318 valence electrons. The minimum absolute atomic E-state index is 0.0333. The first-order valence-electron chi connectivity index (χ1n) is 20.8. The van der Waals surface area contributed by atoms with E-state index in [0.717, 1.165) is 30.5 Å². The maximum atomic E-state index is 16.6. The van der Waals surface area contributed by atoms with Crippen LogP contribution in [0, 0.1) is 11.8 Å². The zero-order valence-electron chi connectivity index (χ0n) is 34.3. The molecule has 0 radical (unpaired) electrons. The summed E-state index contributed by atoms with van der Waals surface area (Å²) in [6, 6.07) is 13.9. The third-order valence-corrected chi connectivity index (χ3v) is 15.5. The topological polar surface area (TPSA) is 150 Å². The third-order valence-electron chi connectivity index (χ3n) is 12.3. The number of nitrogens with zero attached hydrogens (tertiary/aromatic N) is 4. The summed E-state index contributed by atoms with van der Waals surface area (Å²) < 4.78 is 42.5. The van der Waals surface area contributed by atoms with E-state index >= 15 is 4.39 Å². The van der Waals surface area contributed by atoms with Gasteiger partial charge in [-0.2, -0.15) is 0 Å². The molecule has 3 aliphatic heterocycles. The molecule has 60 heavy (non-hydrogen) atoms. The molecule has 0 bridgehead atoms. The quantitative estimate of drug-likeness (QED) is 0.0998. The number of rotatable bonds is 14. The van der Waals surface area contributed by atoms with Gasteiger partial charge in [-0.1, -0.05) is 31.2 Å². The number of halogens is 1. The lowest BCUT2D eigenvalue weighted by molar-refractivity contribution is -0.149. The van der Waals surface area contributed by atoms with Gasteiger partial charge in [0, 0.05) is 67.5 Å². The molecule has 16 heteroatoms. The van der Waals surface area contributed by atoms with Crippen LogP contribution in [0.4, 0.5) is 10.1 Å². The van der Waals surface area contributed by atoms with E-state index in [4.69, 9.17) is 9.26 Å². The lowest BCUT2D eigenvalue weighted by Crippen LogP contribution is -2.59. The zero-order valence-corrected chi connectivity index (χ0v) is 36.0. The van der Waals surface area contributed by atoms with Crippen LogP contribution in [0.15, 0.2) is 73.1 Å². The van der Waals surface area contributed by atoms with Crippen LogP contribution in [0.25, 0.3) is 10.1 Å². The molecule has 3 amide bonds. The number of anilines is 1. The monoisotopic (exact) mass is 858 g/mol. The van der Waals surface area contributed by atoms with E-state index in [1.165, 1.54) is 30.4 Å². The summed E-state index contributed by atoms with van der Waals surface area (Å²) in [6.45, 7) is 4.59. The van der Waals surface area contributed by atoms with Gasteiger partial charge in [0.05, 0.1) is 11.5 Å². The Morgan fingerprint density at radius 3 is 2.55 bits per heavy atom. The summed E-state index contributed by atoms with van der Waals surface area (Å²) in [4.78, 5) is 65.4. The molecule has 1 saturated carbocycles. The van der Waals surface area contributed by atoms with Crippen molar-refractivity contribution in [3.63, 3.8) is 0 Å². The number of benzene rings is 2. The number of thiophene rings is 1. The lowest BCUT2D eigenvalue weighted by atomic mass is 9.90. The average Bonchev–Trinajstić information content (AvgIpc) is 3.57. The van der Waals surface area contributed by atoms with E-state index in [2.05, 4.69) is 20.3 Å². The summed E-state index contributed by atoms with van der Waals surface area (Å²) in [5, 5.41) is 6.17. The molecule has 0 spiro atoms. The molecule has 1 aliphatic carbocycles. The number of likely N-dealkylation sites (tertiary alicyclic amines) is 1. The van der Waals surface area contributed by atoms with Crippen molar-refractivity contribution in [2.24, 2.45) is 11.8 Å². The van der Waals surface area contributed by atoms with Gasteiger partial charge in [0.15, 0.2) is 0 Å². The molecule has 4 aliphatic rings. The number of hydrogen-bond donors (Lipinski definition) is 2. The minimum atomic E-state index is -4.44. The van der Waals surface area contributed by atoms with Crippen molar-refractivity contribution in [1.82, 2.24) is 25.2 Å². The number of ether oxygens (including phenoxy) is 1. The largest absolute Gasteiger partial charge is 0.465 e. The van der Waals surface area contributed by atoms with Crippen LogP contribution < -0.4 is 19.8 Å². The fourth-order valence-electron chi connectivity index (χ4n) is 8.99. The maximum absolute atomic E-state index is 16.6. The number of nitrogens with one attached hydrogen (secondary N) is 2. The van der Waals surface area contributed by atoms with E-state index in [1.807, 2.05) is 38.2 Å². The Morgan fingerprint density at radius 2 is 1.80 bits per heavy atom. The summed E-state index contributed by atoms with van der Waals surface area (Å²) in [7, 11) is -0.460. The highest BCUT2D eigenvalue weighted by Crippen LogP contribution is 2.58. The Kier molecular flexibility index (Phi) is 12.0. The van der Waals surface area contributed by atoms with Gasteiger partial charge in [0.1, 0.15) is 23.9 Å². The van der Waals surface area contributed by atoms with Crippen LogP contribution in [0.3, 0.4) is 0 Å². The first-order valence-corrected chi connectivity index (χ1v) is 23.3. The maximum Gasteiger partial charge on any atom is 0.355 e. The average molecular weight is 859 g/mol. The van der Waals surface area contributed by atoms with Crippen LogP contribution in [0.2, 0.25) is 0 Å². The van der Waals surface area contributed by atoms with Crippen molar-refractivity contribution >= 4 is 58.3 Å².